The van der Waals surface area contributed by atoms with Crippen LogP contribution in [0.5, 0.6) is 0 Å². The molecule has 2 N–H and O–H groups in total. The minimum absolute atomic E-state index is 0.244. The van der Waals surface area contributed by atoms with Crippen LogP contribution < -0.4 is 5.32 Å². The van der Waals surface area contributed by atoms with E-state index >= 15 is 0 Å². The smallest absolute Gasteiger partial charge is 0.407 e. The van der Waals surface area contributed by atoms with Crippen LogP contribution in [0.3, 0.4) is 0 Å². The van der Waals surface area contributed by atoms with E-state index in [0.717, 1.165) is 5.56 Å². The van der Waals surface area contributed by atoms with E-state index in [-0.39, 0.29) is 5.56 Å². The van der Waals surface area contributed by atoms with Crippen LogP contribution in [-0.4, -0.2) is 29.3 Å². The first kappa shape index (κ1) is 15.8. The van der Waals surface area contributed by atoms with Gasteiger partial charge in [-0.3, -0.25) is 0 Å². The van der Waals surface area contributed by atoms with Crippen LogP contribution in [0.1, 0.15) is 36.7 Å². The van der Waals surface area contributed by atoms with Crippen LogP contribution in [-0.2, 0) is 4.74 Å². The second kappa shape index (κ2) is 6.75. The molecule has 0 aromatic heterocycles. The normalized spacial score (nSPS) is 11.3. The Kier molecular flexibility index (Phi) is 5.32. The van der Waals surface area contributed by atoms with E-state index in [0.29, 0.717) is 6.54 Å². The highest BCUT2D eigenvalue weighted by Gasteiger charge is 2.14. The van der Waals surface area contributed by atoms with Crippen LogP contribution in [0.25, 0.3) is 6.08 Å². The van der Waals surface area contributed by atoms with Crippen LogP contribution in [0.2, 0.25) is 0 Å². The van der Waals surface area contributed by atoms with Crippen LogP contribution in [0.4, 0.5) is 4.79 Å². The number of aromatic carboxylic acids is 1. The van der Waals surface area contributed by atoms with E-state index in [4.69, 9.17) is 9.84 Å². The van der Waals surface area contributed by atoms with Gasteiger partial charge in [0.1, 0.15) is 5.60 Å². The zero-order valence-corrected chi connectivity index (χ0v) is 11.8. The summed E-state index contributed by atoms with van der Waals surface area (Å²) in [5, 5.41) is 11.4. The summed E-state index contributed by atoms with van der Waals surface area (Å²) in [5.41, 5.74) is 0.593. The van der Waals surface area contributed by atoms with Gasteiger partial charge < -0.3 is 15.2 Å². The third-order valence-electron chi connectivity index (χ3n) is 2.23. The van der Waals surface area contributed by atoms with Crippen molar-refractivity contribution in [2.24, 2.45) is 0 Å². The Bertz CT molecular complexity index is 498. The lowest BCUT2D eigenvalue weighted by Crippen LogP contribution is -2.32. The second-order valence-corrected chi connectivity index (χ2v) is 5.21. The molecule has 0 radical (unpaired) electrons. The van der Waals surface area contributed by atoms with Crippen molar-refractivity contribution in [1.29, 1.82) is 0 Å². The molecular formula is C15H19NO4. The van der Waals surface area contributed by atoms with Gasteiger partial charge in [0.15, 0.2) is 0 Å². The van der Waals surface area contributed by atoms with E-state index < -0.39 is 17.7 Å². The van der Waals surface area contributed by atoms with E-state index in [2.05, 4.69) is 5.32 Å². The van der Waals surface area contributed by atoms with Gasteiger partial charge in [0.05, 0.1) is 5.56 Å². The lowest BCUT2D eigenvalue weighted by molar-refractivity contribution is 0.0533. The Morgan fingerprint density at radius 3 is 2.35 bits per heavy atom. The molecule has 5 heteroatoms. The Balaban J connectivity index is 2.42. The average molecular weight is 277 g/mol. The summed E-state index contributed by atoms with van der Waals surface area (Å²) in [5.74, 6) is -0.952. The van der Waals surface area contributed by atoms with Gasteiger partial charge in [-0.15, -0.1) is 0 Å². The fraction of sp³-hybridized carbons (Fsp3) is 0.333. The molecule has 0 heterocycles. The molecule has 5 nitrogen and oxygen atoms in total. The zero-order chi connectivity index (χ0) is 15.2. The van der Waals surface area contributed by atoms with Crippen molar-refractivity contribution in [3.8, 4) is 0 Å². The van der Waals surface area contributed by atoms with Gasteiger partial charge in [0.25, 0.3) is 0 Å². The summed E-state index contributed by atoms with van der Waals surface area (Å²) in [6.07, 6.45) is 3.09. The molecule has 0 bridgehead atoms. The van der Waals surface area contributed by atoms with E-state index in [9.17, 15) is 9.59 Å². The number of ether oxygens (including phenoxy) is 1. The first-order valence-electron chi connectivity index (χ1n) is 6.25. The van der Waals surface area contributed by atoms with Crippen LogP contribution in [0.15, 0.2) is 30.3 Å². The third kappa shape index (κ3) is 6.04. The van der Waals surface area contributed by atoms with Crippen molar-refractivity contribution < 1.29 is 19.4 Å². The van der Waals surface area contributed by atoms with Gasteiger partial charge in [0.2, 0.25) is 0 Å². The Morgan fingerprint density at radius 1 is 1.25 bits per heavy atom. The number of nitrogens with one attached hydrogen (secondary N) is 1. The van der Waals surface area contributed by atoms with Gasteiger partial charge in [-0.1, -0.05) is 24.3 Å². The predicted octanol–water partition coefficient (Wildman–Crippen LogP) is 2.92. The minimum atomic E-state index is -0.952. The number of alkyl carbamates (subject to hydrolysis) is 1. The number of hydrogen-bond acceptors (Lipinski definition) is 3. The van der Waals surface area contributed by atoms with Gasteiger partial charge >= 0.3 is 12.1 Å². The monoisotopic (exact) mass is 277 g/mol. The van der Waals surface area contributed by atoms with Crippen molar-refractivity contribution >= 4 is 18.1 Å². The molecule has 0 atom stereocenters. The number of benzene rings is 1. The highest BCUT2D eigenvalue weighted by Crippen LogP contribution is 2.07. The van der Waals surface area contributed by atoms with E-state index in [1.54, 1.807) is 45.1 Å². The number of carbonyl (C=O) groups is 2. The topological polar surface area (TPSA) is 75.6 Å². The summed E-state index contributed by atoms with van der Waals surface area (Å²) in [6, 6.07) is 6.47. The first-order chi connectivity index (χ1) is 9.28. The van der Waals surface area contributed by atoms with Crippen molar-refractivity contribution in [3.05, 3.63) is 41.5 Å². The molecule has 1 aromatic carbocycles. The number of rotatable bonds is 4. The van der Waals surface area contributed by atoms with Crippen molar-refractivity contribution in [1.82, 2.24) is 5.32 Å². The Hall–Kier alpha value is -2.30. The highest BCUT2D eigenvalue weighted by molar-refractivity contribution is 5.87. The first-order valence-corrected chi connectivity index (χ1v) is 6.25. The van der Waals surface area contributed by atoms with E-state index in [1.807, 2.05) is 0 Å². The maximum Gasteiger partial charge on any atom is 0.407 e. The van der Waals surface area contributed by atoms with Gasteiger partial charge in [-0.25, -0.2) is 9.59 Å². The molecule has 0 fully saturated rings. The van der Waals surface area contributed by atoms with Crippen molar-refractivity contribution in [2.75, 3.05) is 6.54 Å². The molecule has 0 unspecified atom stereocenters. The molecule has 1 amide bonds. The summed E-state index contributed by atoms with van der Waals surface area (Å²) < 4.78 is 5.08. The largest absolute Gasteiger partial charge is 0.478 e. The molecule has 1 rings (SSSR count). The number of hydrogen-bond donors (Lipinski definition) is 2. The molecule has 0 spiro atoms. The number of carboxylic acids is 1. The van der Waals surface area contributed by atoms with Crippen molar-refractivity contribution in [2.45, 2.75) is 26.4 Å². The molecule has 0 saturated heterocycles. The third-order valence-corrected chi connectivity index (χ3v) is 2.23. The Labute approximate surface area is 118 Å². The maximum absolute atomic E-state index is 11.4. The SMILES string of the molecule is CC(C)(C)OC(=O)NC/C=C\c1ccc(C(=O)O)cc1. The molecule has 1 aromatic rings. The van der Waals surface area contributed by atoms with Gasteiger partial charge in [-0.2, -0.15) is 0 Å². The standard InChI is InChI=1S/C15H19NO4/c1-15(2,3)20-14(19)16-10-4-5-11-6-8-12(9-7-11)13(17)18/h4-9H,10H2,1-3H3,(H,16,19)(H,17,18)/b5-4-. The average Bonchev–Trinajstić information content (AvgIpc) is 2.33. The summed E-state index contributed by atoms with van der Waals surface area (Å²) >= 11 is 0. The molecule has 0 saturated carbocycles. The summed E-state index contributed by atoms with van der Waals surface area (Å²) in [7, 11) is 0. The Morgan fingerprint density at radius 2 is 1.85 bits per heavy atom. The second-order valence-electron chi connectivity index (χ2n) is 5.21. The summed E-state index contributed by atoms with van der Waals surface area (Å²) in [6.45, 7) is 5.74. The maximum atomic E-state index is 11.4. The fourth-order valence-electron chi connectivity index (χ4n) is 1.39. The lowest BCUT2D eigenvalue weighted by atomic mass is 10.1. The minimum Gasteiger partial charge on any atom is -0.478 e. The quantitative estimate of drug-likeness (QED) is 0.887. The molecule has 20 heavy (non-hydrogen) atoms. The highest BCUT2D eigenvalue weighted by atomic mass is 16.6. The molecular weight excluding hydrogens is 258 g/mol. The predicted molar refractivity (Wildman–Crippen MR) is 76.7 cm³/mol. The van der Waals surface area contributed by atoms with Crippen LogP contribution in [0, 0.1) is 0 Å². The van der Waals surface area contributed by atoms with Crippen LogP contribution >= 0.6 is 0 Å². The molecule has 108 valence electrons. The number of amides is 1. The van der Waals surface area contributed by atoms with Crippen molar-refractivity contribution in [3.63, 3.8) is 0 Å². The molecule has 0 aliphatic heterocycles. The molecule has 0 aliphatic rings. The fourth-order valence-corrected chi connectivity index (χ4v) is 1.39. The summed E-state index contributed by atoms with van der Waals surface area (Å²) in [4.78, 5) is 22.0. The number of carbonyl (C=O) groups excluding carboxylic acids is 1. The molecule has 0 aliphatic carbocycles. The lowest BCUT2D eigenvalue weighted by Gasteiger charge is -2.19. The van der Waals surface area contributed by atoms with Gasteiger partial charge in [0, 0.05) is 6.54 Å². The number of carboxylic acid groups (broad SMARTS) is 1. The van der Waals surface area contributed by atoms with Gasteiger partial charge in [-0.05, 0) is 38.5 Å². The zero-order valence-electron chi connectivity index (χ0n) is 11.8. The van der Waals surface area contributed by atoms with E-state index in [1.165, 1.54) is 12.1 Å².